The van der Waals surface area contributed by atoms with Gasteiger partial charge < -0.3 is 4.18 Å². The van der Waals surface area contributed by atoms with E-state index in [2.05, 4.69) is 0 Å². The Bertz CT molecular complexity index is 896. The summed E-state index contributed by atoms with van der Waals surface area (Å²) in [4.78, 5) is 10.7. The maximum atomic E-state index is 13.8. The summed E-state index contributed by atoms with van der Waals surface area (Å²) in [5.74, 6) is -2.75. The van der Waals surface area contributed by atoms with Crippen LogP contribution in [0, 0.1) is 21.7 Å². The summed E-state index contributed by atoms with van der Waals surface area (Å²) >= 11 is 0.788. The molecule has 0 bridgehead atoms. The van der Waals surface area contributed by atoms with Crippen LogP contribution in [0.4, 0.5) is 14.5 Å². The lowest BCUT2D eigenvalue weighted by Crippen LogP contribution is -1.97. The molecule has 0 fully saturated rings. The van der Waals surface area contributed by atoms with Gasteiger partial charge in [0.05, 0.1) is 27.9 Å². The molecule has 3 aromatic rings. The van der Waals surface area contributed by atoms with E-state index < -0.39 is 28.0 Å². The Morgan fingerprint density at radius 3 is 2.57 bits per heavy atom. The largest absolute Gasteiger partial charge is 0.410 e. The van der Waals surface area contributed by atoms with E-state index >= 15 is 0 Å². The summed E-state index contributed by atoms with van der Waals surface area (Å²) in [5, 5.41) is 12.8. The monoisotopic (exact) mass is 333 g/mol. The normalized spacial score (nSPS) is 10.7. The third-order valence-electron chi connectivity index (χ3n) is 3.15. The molecule has 0 amide bonds. The van der Waals surface area contributed by atoms with Crippen LogP contribution in [0.15, 0.2) is 59.5 Å². The van der Waals surface area contributed by atoms with E-state index in [1.165, 1.54) is 0 Å². The molecule has 0 N–H and O–H groups in total. The number of fused-ring (bicyclic) bond motifs is 1. The first-order valence-electron chi connectivity index (χ1n) is 6.52. The van der Waals surface area contributed by atoms with Crippen molar-refractivity contribution in [3.05, 3.63) is 76.3 Å². The lowest BCUT2D eigenvalue weighted by molar-refractivity contribution is -0.385. The molecule has 116 valence electrons. The van der Waals surface area contributed by atoms with Crippen molar-refractivity contribution in [1.29, 1.82) is 0 Å². The molecule has 3 aromatic carbocycles. The first-order valence-corrected chi connectivity index (χ1v) is 7.26. The molecule has 0 aliphatic rings. The smallest absolute Gasteiger partial charge is 0.318 e. The minimum absolute atomic E-state index is 0.548. The number of halogens is 2. The van der Waals surface area contributed by atoms with Gasteiger partial charge in [-0.15, -0.1) is 0 Å². The van der Waals surface area contributed by atoms with E-state index in [0.717, 1.165) is 22.8 Å². The van der Waals surface area contributed by atoms with Crippen LogP contribution in [-0.2, 0) is 0 Å². The van der Waals surface area contributed by atoms with Crippen LogP contribution in [0.1, 0.15) is 0 Å². The van der Waals surface area contributed by atoms with Crippen molar-refractivity contribution in [2.45, 2.75) is 4.90 Å². The molecule has 0 unspecified atom stereocenters. The fourth-order valence-electron chi connectivity index (χ4n) is 2.12. The molecular weight excluding hydrogens is 324 g/mol. The molecule has 0 radical (unpaired) electrons. The van der Waals surface area contributed by atoms with Crippen molar-refractivity contribution in [3.63, 3.8) is 0 Å². The molecule has 0 saturated heterocycles. The molecule has 0 aliphatic carbocycles. The highest BCUT2D eigenvalue weighted by Crippen LogP contribution is 2.37. The summed E-state index contributed by atoms with van der Waals surface area (Å²) in [6.45, 7) is 0. The lowest BCUT2D eigenvalue weighted by Gasteiger charge is -2.08. The summed E-state index contributed by atoms with van der Waals surface area (Å²) in [7, 11) is 0. The van der Waals surface area contributed by atoms with Gasteiger partial charge in [-0.1, -0.05) is 36.4 Å². The van der Waals surface area contributed by atoms with E-state index in [1.807, 2.05) is 30.3 Å². The molecule has 0 aliphatic heterocycles. The maximum absolute atomic E-state index is 13.8. The molecule has 7 heteroatoms. The fourth-order valence-corrected chi connectivity index (χ4v) is 2.87. The maximum Gasteiger partial charge on any atom is 0.318 e. The van der Waals surface area contributed by atoms with Gasteiger partial charge >= 0.3 is 5.69 Å². The van der Waals surface area contributed by atoms with Crippen molar-refractivity contribution in [1.82, 2.24) is 0 Å². The van der Waals surface area contributed by atoms with Gasteiger partial charge in [0, 0.05) is 6.07 Å². The molecule has 3 rings (SSSR count). The molecule has 0 heterocycles. The topological polar surface area (TPSA) is 52.4 Å². The van der Waals surface area contributed by atoms with Crippen LogP contribution in [-0.4, -0.2) is 4.92 Å². The molecule has 0 aromatic heterocycles. The number of nitro groups is 1. The molecule has 0 atom stereocenters. The Morgan fingerprint density at radius 1 is 1.04 bits per heavy atom. The Morgan fingerprint density at radius 2 is 1.78 bits per heavy atom. The Balaban J connectivity index is 1.96. The number of benzene rings is 3. The highest BCUT2D eigenvalue weighted by atomic mass is 32.2. The van der Waals surface area contributed by atoms with Crippen LogP contribution in [0.5, 0.6) is 5.75 Å². The number of nitrogens with zero attached hydrogens (tertiary/aromatic N) is 1. The Kier molecular flexibility index (Phi) is 4.12. The molecule has 4 nitrogen and oxygen atoms in total. The van der Waals surface area contributed by atoms with Crippen molar-refractivity contribution >= 4 is 28.5 Å². The molecule has 0 saturated carbocycles. The van der Waals surface area contributed by atoms with Crippen molar-refractivity contribution in [2.24, 2.45) is 0 Å². The number of rotatable bonds is 4. The Hall–Kier alpha value is -2.67. The summed E-state index contributed by atoms with van der Waals surface area (Å²) < 4.78 is 32.1. The highest BCUT2D eigenvalue weighted by molar-refractivity contribution is 7.95. The third kappa shape index (κ3) is 3.09. The third-order valence-corrected chi connectivity index (χ3v) is 3.94. The average molecular weight is 333 g/mol. The zero-order valence-electron chi connectivity index (χ0n) is 11.5. The van der Waals surface area contributed by atoms with Gasteiger partial charge in [-0.2, -0.15) is 0 Å². The fraction of sp³-hybridized carbons (Fsp3) is 0. The van der Waals surface area contributed by atoms with Crippen LogP contribution in [0.2, 0.25) is 0 Å². The van der Waals surface area contributed by atoms with E-state index in [1.54, 1.807) is 12.1 Å². The second kappa shape index (κ2) is 6.21. The average Bonchev–Trinajstić information content (AvgIpc) is 2.53. The van der Waals surface area contributed by atoms with Gasteiger partial charge in [0.25, 0.3) is 5.75 Å². The summed E-state index contributed by atoms with van der Waals surface area (Å²) in [6, 6.07) is 14.1. The minimum Gasteiger partial charge on any atom is -0.410 e. The van der Waals surface area contributed by atoms with Crippen LogP contribution in [0.25, 0.3) is 10.8 Å². The van der Waals surface area contributed by atoms with E-state index in [0.29, 0.717) is 17.0 Å². The minimum atomic E-state index is -1.12. The summed E-state index contributed by atoms with van der Waals surface area (Å²) in [5.41, 5.74) is -0.754. The number of nitro benzene ring substituents is 1. The van der Waals surface area contributed by atoms with Crippen LogP contribution >= 0.6 is 12.0 Å². The molecule has 23 heavy (non-hydrogen) atoms. The Labute approximate surface area is 134 Å². The van der Waals surface area contributed by atoms with E-state index in [-0.39, 0.29) is 0 Å². The second-order valence-corrected chi connectivity index (χ2v) is 5.41. The SMILES string of the molecule is O=[N+]([O-])c1cc(F)cc(F)c1OSc1cccc2ccccc12. The first-order chi connectivity index (χ1) is 11.1. The highest BCUT2D eigenvalue weighted by Gasteiger charge is 2.23. The predicted octanol–water partition coefficient (Wildman–Crippen LogP) is 5.11. The van der Waals surface area contributed by atoms with Gasteiger partial charge in [0.2, 0.25) is 0 Å². The first kappa shape index (κ1) is 15.2. The number of hydrogen-bond donors (Lipinski definition) is 0. The molecule has 0 spiro atoms. The lowest BCUT2D eigenvalue weighted by atomic mass is 10.1. The van der Waals surface area contributed by atoms with Crippen LogP contribution < -0.4 is 4.18 Å². The van der Waals surface area contributed by atoms with Gasteiger partial charge in [0.15, 0.2) is 5.82 Å². The zero-order valence-corrected chi connectivity index (χ0v) is 12.3. The van der Waals surface area contributed by atoms with E-state index in [9.17, 15) is 18.9 Å². The predicted molar refractivity (Wildman–Crippen MR) is 83.4 cm³/mol. The van der Waals surface area contributed by atoms with Gasteiger partial charge in [-0.25, -0.2) is 8.78 Å². The van der Waals surface area contributed by atoms with Crippen molar-refractivity contribution < 1.29 is 17.9 Å². The standard InChI is InChI=1S/C16H9F2NO3S/c17-11-8-13(18)16(14(9-11)19(20)21)22-23-15-7-3-5-10-4-1-2-6-12(10)15/h1-9H. The van der Waals surface area contributed by atoms with Gasteiger partial charge in [-0.05, 0) is 16.8 Å². The zero-order chi connectivity index (χ0) is 16.4. The van der Waals surface area contributed by atoms with E-state index in [4.69, 9.17) is 4.18 Å². The van der Waals surface area contributed by atoms with Gasteiger partial charge in [0.1, 0.15) is 5.82 Å². The van der Waals surface area contributed by atoms with Crippen LogP contribution in [0.3, 0.4) is 0 Å². The number of hydrogen-bond acceptors (Lipinski definition) is 4. The summed E-state index contributed by atoms with van der Waals surface area (Å²) in [6.07, 6.45) is 0. The van der Waals surface area contributed by atoms with Crippen molar-refractivity contribution in [2.75, 3.05) is 0 Å². The van der Waals surface area contributed by atoms with Crippen molar-refractivity contribution in [3.8, 4) is 5.75 Å². The quantitative estimate of drug-likeness (QED) is 0.378. The second-order valence-electron chi connectivity index (χ2n) is 4.64. The van der Waals surface area contributed by atoms with Gasteiger partial charge in [-0.3, -0.25) is 10.1 Å². The molecular formula is C16H9F2NO3S.